The number of nitrogens with zero attached hydrogens (tertiary/aromatic N) is 1. The maximum atomic E-state index is 2.21. The van der Waals surface area contributed by atoms with Gasteiger partial charge in [0, 0.05) is 17.6 Å². The molecule has 0 N–H and O–H groups in total. The zero-order valence-electron chi connectivity index (χ0n) is 13.6. The summed E-state index contributed by atoms with van der Waals surface area (Å²) in [5.41, 5.74) is 6.20. The first-order valence-corrected chi connectivity index (χ1v) is 7.89. The molecule has 0 saturated heterocycles. The lowest BCUT2D eigenvalue weighted by Gasteiger charge is -2.21. The SMILES string of the molecule is Cc1cccc(/C=C/N(c2ccccc2)c2ccccc2)c1C. The molecular weight excluding hydrogens is 278 g/mol. The number of para-hydroxylation sites is 2. The van der Waals surface area contributed by atoms with Gasteiger partial charge in [-0.25, -0.2) is 0 Å². The Morgan fingerprint density at radius 1 is 0.652 bits per heavy atom. The van der Waals surface area contributed by atoms with E-state index in [4.69, 9.17) is 0 Å². The van der Waals surface area contributed by atoms with Crippen molar-refractivity contribution < 1.29 is 0 Å². The normalized spacial score (nSPS) is 10.9. The summed E-state index contributed by atoms with van der Waals surface area (Å²) in [5.74, 6) is 0. The second-order valence-electron chi connectivity index (χ2n) is 5.65. The van der Waals surface area contributed by atoms with Crippen molar-refractivity contribution in [3.63, 3.8) is 0 Å². The molecule has 0 fully saturated rings. The van der Waals surface area contributed by atoms with E-state index in [0.717, 1.165) is 11.4 Å². The molecule has 0 radical (unpaired) electrons. The average Bonchev–Trinajstić information content (AvgIpc) is 2.60. The van der Waals surface area contributed by atoms with Crippen LogP contribution < -0.4 is 4.90 Å². The quantitative estimate of drug-likeness (QED) is 0.561. The molecule has 0 atom stereocenters. The first kappa shape index (κ1) is 15.1. The first-order chi connectivity index (χ1) is 11.3. The molecular formula is C22H21N. The predicted molar refractivity (Wildman–Crippen MR) is 100.0 cm³/mol. The van der Waals surface area contributed by atoms with Crippen LogP contribution in [0.2, 0.25) is 0 Å². The Hall–Kier alpha value is -2.80. The summed E-state index contributed by atoms with van der Waals surface area (Å²) in [5, 5.41) is 0. The average molecular weight is 299 g/mol. The zero-order chi connectivity index (χ0) is 16.1. The van der Waals surface area contributed by atoms with Gasteiger partial charge in [-0.15, -0.1) is 0 Å². The summed E-state index contributed by atoms with van der Waals surface area (Å²) in [6.45, 7) is 4.32. The fourth-order valence-electron chi connectivity index (χ4n) is 2.61. The molecule has 3 aromatic carbocycles. The molecule has 0 unspecified atom stereocenters. The Labute approximate surface area is 138 Å². The van der Waals surface area contributed by atoms with Crippen LogP contribution in [0.1, 0.15) is 16.7 Å². The number of anilines is 2. The van der Waals surface area contributed by atoms with E-state index in [1.54, 1.807) is 0 Å². The van der Waals surface area contributed by atoms with Crippen LogP contribution in [0.25, 0.3) is 6.08 Å². The van der Waals surface area contributed by atoms with E-state index >= 15 is 0 Å². The molecule has 23 heavy (non-hydrogen) atoms. The van der Waals surface area contributed by atoms with Crippen LogP contribution in [0.5, 0.6) is 0 Å². The monoisotopic (exact) mass is 299 g/mol. The van der Waals surface area contributed by atoms with Gasteiger partial charge < -0.3 is 4.90 Å². The summed E-state index contributed by atoms with van der Waals surface area (Å²) in [7, 11) is 0. The van der Waals surface area contributed by atoms with Gasteiger partial charge in [-0.1, -0.05) is 54.6 Å². The van der Waals surface area contributed by atoms with Crippen LogP contribution in [0.15, 0.2) is 85.1 Å². The van der Waals surface area contributed by atoms with E-state index < -0.39 is 0 Å². The minimum Gasteiger partial charge on any atom is -0.317 e. The van der Waals surface area contributed by atoms with Gasteiger partial charge in [0.05, 0.1) is 0 Å². The molecule has 3 aromatic rings. The van der Waals surface area contributed by atoms with Crippen LogP contribution >= 0.6 is 0 Å². The van der Waals surface area contributed by atoms with E-state index in [9.17, 15) is 0 Å². The molecule has 0 bridgehead atoms. The summed E-state index contributed by atoms with van der Waals surface area (Å²) in [6, 6.07) is 27.3. The fraction of sp³-hybridized carbons (Fsp3) is 0.0909. The third-order valence-corrected chi connectivity index (χ3v) is 4.12. The van der Waals surface area contributed by atoms with Crippen molar-refractivity contribution >= 4 is 17.5 Å². The second kappa shape index (κ2) is 6.97. The Balaban J connectivity index is 2.00. The lowest BCUT2D eigenvalue weighted by molar-refractivity contribution is 1.28. The Bertz CT molecular complexity index is 749. The predicted octanol–water partition coefficient (Wildman–Crippen LogP) is 6.11. The van der Waals surface area contributed by atoms with Crippen molar-refractivity contribution in [3.05, 3.63) is 102 Å². The topological polar surface area (TPSA) is 3.24 Å². The molecule has 0 aromatic heterocycles. The molecule has 0 saturated carbocycles. The van der Waals surface area contributed by atoms with Crippen LogP contribution in [0, 0.1) is 13.8 Å². The Kier molecular flexibility index (Phi) is 4.58. The smallest absolute Gasteiger partial charge is 0.0455 e. The third-order valence-electron chi connectivity index (χ3n) is 4.12. The number of hydrogen-bond acceptors (Lipinski definition) is 1. The summed E-state index contributed by atoms with van der Waals surface area (Å²) >= 11 is 0. The molecule has 1 heteroatoms. The lowest BCUT2D eigenvalue weighted by Crippen LogP contribution is -2.07. The minimum atomic E-state index is 1.15. The van der Waals surface area contributed by atoms with Crippen molar-refractivity contribution in [2.24, 2.45) is 0 Å². The van der Waals surface area contributed by atoms with Gasteiger partial charge in [0.1, 0.15) is 0 Å². The summed E-state index contributed by atoms with van der Waals surface area (Å²) in [6.07, 6.45) is 4.33. The molecule has 0 amide bonds. The second-order valence-corrected chi connectivity index (χ2v) is 5.65. The molecule has 0 aliphatic carbocycles. The van der Waals surface area contributed by atoms with Crippen molar-refractivity contribution in [2.75, 3.05) is 4.90 Å². The molecule has 0 aliphatic heterocycles. The summed E-state index contributed by atoms with van der Waals surface area (Å²) < 4.78 is 0. The highest BCUT2D eigenvalue weighted by Crippen LogP contribution is 2.26. The zero-order valence-corrected chi connectivity index (χ0v) is 13.6. The van der Waals surface area contributed by atoms with E-state index in [1.165, 1.54) is 16.7 Å². The molecule has 3 rings (SSSR count). The number of rotatable bonds is 4. The summed E-state index contributed by atoms with van der Waals surface area (Å²) in [4.78, 5) is 2.21. The van der Waals surface area contributed by atoms with Gasteiger partial charge >= 0.3 is 0 Å². The number of aryl methyl sites for hydroxylation is 1. The Morgan fingerprint density at radius 3 is 1.78 bits per heavy atom. The molecule has 0 aliphatic rings. The van der Waals surface area contributed by atoms with E-state index in [1.807, 2.05) is 12.1 Å². The van der Waals surface area contributed by atoms with Crippen LogP contribution in [-0.2, 0) is 0 Å². The highest BCUT2D eigenvalue weighted by molar-refractivity contribution is 5.69. The highest BCUT2D eigenvalue weighted by Gasteiger charge is 2.05. The highest BCUT2D eigenvalue weighted by atomic mass is 15.1. The van der Waals surface area contributed by atoms with Crippen molar-refractivity contribution in [3.8, 4) is 0 Å². The fourth-order valence-corrected chi connectivity index (χ4v) is 2.61. The van der Waals surface area contributed by atoms with Gasteiger partial charge in [0.25, 0.3) is 0 Å². The van der Waals surface area contributed by atoms with Gasteiger partial charge in [0.2, 0.25) is 0 Å². The van der Waals surface area contributed by atoms with Crippen LogP contribution in [0.3, 0.4) is 0 Å². The molecule has 0 heterocycles. The lowest BCUT2D eigenvalue weighted by atomic mass is 10.0. The Morgan fingerprint density at radius 2 is 1.22 bits per heavy atom. The largest absolute Gasteiger partial charge is 0.317 e. The minimum absolute atomic E-state index is 1.15. The van der Waals surface area contributed by atoms with E-state index in [0.29, 0.717) is 0 Å². The maximum Gasteiger partial charge on any atom is 0.0455 e. The van der Waals surface area contributed by atoms with Crippen LogP contribution in [0.4, 0.5) is 11.4 Å². The van der Waals surface area contributed by atoms with E-state index in [2.05, 4.69) is 97.8 Å². The number of benzene rings is 3. The standard InChI is InChI=1S/C22H21N/c1-18-10-9-11-20(19(18)2)16-17-23(21-12-5-3-6-13-21)22-14-7-4-8-15-22/h3-17H,1-2H3/b17-16+. The van der Waals surface area contributed by atoms with E-state index in [-0.39, 0.29) is 0 Å². The molecule has 0 spiro atoms. The van der Waals surface area contributed by atoms with Crippen molar-refractivity contribution in [1.82, 2.24) is 0 Å². The molecule has 114 valence electrons. The third kappa shape index (κ3) is 3.51. The van der Waals surface area contributed by atoms with Gasteiger partial charge in [-0.2, -0.15) is 0 Å². The maximum absolute atomic E-state index is 2.21. The van der Waals surface area contributed by atoms with Gasteiger partial charge in [-0.05, 0) is 60.9 Å². The van der Waals surface area contributed by atoms with Crippen LogP contribution in [-0.4, -0.2) is 0 Å². The van der Waals surface area contributed by atoms with Gasteiger partial charge in [0.15, 0.2) is 0 Å². The van der Waals surface area contributed by atoms with Crippen molar-refractivity contribution in [2.45, 2.75) is 13.8 Å². The van der Waals surface area contributed by atoms with Crippen molar-refractivity contribution in [1.29, 1.82) is 0 Å². The first-order valence-electron chi connectivity index (χ1n) is 7.89. The molecule has 1 nitrogen and oxygen atoms in total. The van der Waals surface area contributed by atoms with Gasteiger partial charge in [-0.3, -0.25) is 0 Å². The number of hydrogen-bond donors (Lipinski definition) is 0.